The molecule has 1 rings (SSSR count). The summed E-state index contributed by atoms with van der Waals surface area (Å²) in [6.45, 7) is 0. The summed E-state index contributed by atoms with van der Waals surface area (Å²) < 4.78 is 24.3. The third-order valence-corrected chi connectivity index (χ3v) is 1.28. The maximum Gasteiger partial charge on any atom is 0.299 e. The normalized spacial score (nSPS) is 9.50. The molecule has 0 atom stereocenters. The summed E-state index contributed by atoms with van der Waals surface area (Å²) in [5.74, 6) is 0.346. The number of hydrogen-bond acceptors (Lipinski definition) is 4. The van der Waals surface area contributed by atoms with Crippen molar-refractivity contribution >= 4 is 11.0 Å². The summed E-state index contributed by atoms with van der Waals surface area (Å²) in [5.41, 5.74) is 0. The summed E-state index contributed by atoms with van der Waals surface area (Å²) in [6, 6.07) is 8.34. The van der Waals surface area contributed by atoms with E-state index in [2.05, 4.69) is 4.18 Å². The van der Waals surface area contributed by atoms with Gasteiger partial charge in [-0.1, -0.05) is 18.2 Å². The molecule has 0 saturated carbocycles. The maximum atomic E-state index is 9.98. The predicted molar refractivity (Wildman–Crippen MR) is 57.0 cm³/mol. The molecule has 14 heavy (non-hydrogen) atoms. The highest BCUT2D eigenvalue weighted by Crippen LogP contribution is 2.07. The molecule has 0 unspecified atom stereocenters. The number of rotatable bonds is 2. The first-order valence-corrected chi connectivity index (χ1v) is 5.10. The van der Waals surface area contributed by atoms with Gasteiger partial charge in [-0.2, -0.15) is 8.42 Å². The van der Waals surface area contributed by atoms with Crippen LogP contribution in [0.2, 0.25) is 0 Å². The third-order valence-electron chi connectivity index (χ3n) is 0.923. The molecule has 0 aliphatic carbocycles. The zero-order valence-electron chi connectivity index (χ0n) is 8.51. The first-order valence-electron chi connectivity index (χ1n) is 4.00. The number of hydrogen-bond donors (Lipinski definition) is 1. The minimum Gasteiger partial charge on any atom is -0.384 e. The van der Waals surface area contributed by atoms with E-state index in [1.807, 2.05) is 26.0 Å². The van der Waals surface area contributed by atoms with Crippen LogP contribution in [0.4, 0.5) is 0 Å². The molecule has 0 N–H and O–H groups in total. The van der Waals surface area contributed by atoms with E-state index in [9.17, 15) is 8.42 Å². The fourth-order valence-electron chi connectivity index (χ4n) is 0.567. The van der Waals surface area contributed by atoms with Crippen molar-refractivity contribution in [1.82, 2.24) is 4.90 Å². The molecule has 0 bridgehead atoms. The second kappa shape index (κ2) is 7.34. The Hall–Kier alpha value is -1.07. The number of para-hydroxylation sites is 1. The Morgan fingerprint density at radius 2 is 1.50 bits per heavy atom. The predicted octanol–water partition coefficient (Wildman–Crippen LogP) is 0.770. The summed E-state index contributed by atoms with van der Waals surface area (Å²) in [5, 5.41) is 0. The molecular weight excluding hydrogens is 202 g/mol. The highest BCUT2D eigenvalue weighted by molar-refractivity contribution is 7.67. The average molecular weight is 217 g/mol. The van der Waals surface area contributed by atoms with E-state index >= 15 is 0 Å². The van der Waals surface area contributed by atoms with E-state index in [1.54, 1.807) is 30.3 Å². The minimum atomic E-state index is -2.78. The monoisotopic (exact) mass is 217 g/mol. The fraction of sp³-hybridized carbons (Fsp3) is 0.333. The Labute approximate surface area is 86.3 Å². The van der Waals surface area contributed by atoms with Gasteiger partial charge in [0.1, 0.15) is 5.75 Å². The molecule has 80 valence electrons. The van der Waals surface area contributed by atoms with E-state index in [-0.39, 0.29) is 0 Å². The fourth-order valence-corrected chi connectivity index (χ4v) is 0.861. The van der Waals surface area contributed by atoms with Gasteiger partial charge in [0.2, 0.25) is 0 Å². The Morgan fingerprint density at radius 3 is 1.86 bits per heavy atom. The van der Waals surface area contributed by atoms with Gasteiger partial charge in [0.25, 0.3) is 11.0 Å². The molecule has 0 amide bonds. The molecule has 5 heteroatoms. The maximum absolute atomic E-state index is 9.98. The van der Waals surface area contributed by atoms with E-state index < -0.39 is 11.0 Å². The lowest BCUT2D eigenvalue weighted by molar-refractivity contribution is 0.505. The highest BCUT2D eigenvalue weighted by Gasteiger charge is 1.88. The summed E-state index contributed by atoms with van der Waals surface area (Å²) in [4.78, 5) is 2.00. The van der Waals surface area contributed by atoms with Crippen LogP contribution in [0.15, 0.2) is 30.3 Å². The van der Waals surface area contributed by atoms with Gasteiger partial charge in [0.05, 0.1) is 0 Å². The molecule has 0 saturated heterocycles. The Morgan fingerprint density at radius 1 is 1.07 bits per heavy atom. The lowest BCUT2D eigenvalue weighted by Crippen LogP contribution is -1.99. The molecule has 0 fully saturated rings. The van der Waals surface area contributed by atoms with E-state index in [0.717, 1.165) is 0 Å². The molecule has 0 aromatic heterocycles. The standard InChI is InChI=1S/C6H6O3S.C3H9N/c7-10(8)9-6-4-2-1-3-5-6;1-4(2)3/h1-5,10H;1-3H3. The van der Waals surface area contributed by atoms with Crippen LogP contribution in [0.25, 0.3) is 0 Å². The Bertz CT molecular complexity index is 298. The van der Waals surface area contributed by atoms with Crippen LogP contribution in [0.1, 0.15) is 0 Å². The van der Waals surface area contributed by atoms with E-state index in [0.29, 0.717) is 5.75 Å². The molecule has 0 radical (unpaired) electrons. The van der Waals surface area contributed by atoms with Crippen molar-refractivity contribution in [2.45, 2.75) is 0 Å². The highest BCUT2D eigenvalue weighted by atomic mass is 32.2. The SMILES string of the molecule is CN(C)C.O=[SH](=O)Oc1ccccc1. The smallest absolute Gasteiger partial charge is 0.299 e. The molecule has 0 aliphatic rings. The number of thiol groups is 1. The second-order valence-corrected chi connectivity index (χ2v) is 3.60. The quantitative estimate of drug-likeness (QED) is 0.743. The van der Waals surface area contributed by atoms with Crippen molar-refractivity contribution in [3.8, 4) is 5.75 Å². The third kappa shape index (κ3) is 9.02. The van der Waals surface area contributed by atoms with Crippen LogP contribution in [0.3, 0.4) is 0 Å². The van der Waals surface area contributed by atoms with Crippen molar-refractivity contribution in [2.75, 3.05) is 21.1 Å². The molecule has 1 aromatic carbocycles. The number of benzene rings is 1. The van der Waals surface area contributed by atoms with Crippen molar-refractivity contribution in [2.24, 2.45) is 0 Å². The molecule has 0 spiro atoms. The van der Waals surface area contributed by atoms with Crippen LogP contribution < -0.4 is 4.18 Å². The first kappa shape index (κ1) is 12.9. The topological polar surface area (TPSA) is 46.6 Å². The Kier molecular flexibility index (Phi) is 6.78. The van der Waals surface area contributed by atoms with Gasteiger partial charge >= 0.3 is 0 Å². The average Bonchev–Trinajstić information content (AvgIpc) is 2.03. The van der Waals surface area contributed by atoms with Crippen LogP contribution in [0, 0.1) is 0 Å². The lowest BCUT2D eigenvalue weighted by atomic mass is 10.3. The number of nitrogens with zero attached hydrogens (tertiary/aromatic N) is 1. The van der Waals surface area contributed by atoms with E-state index in [4.69, 9.17) is 0 Å². The zero-order valence-corrected chi connectivity index (χ0v) is 9.40. The van der Waals surface area contributed by atoms with Crippen molar-refractivity contribution in [1.29, 1.82) is 0 Å². The van der Waals surface area contributed by atoms with Gasteiger partial charge in [-0.3, -0.25) is 0 Å². The Balaban J connectivity index is 0.000000364. The zero-order chi connectivity index (χ0) is 11.0. The van der Waals surface area contributed by atoms with E-state index in [1.165, 1.54) is 0 Å². The van der Waals surface area contributed by atoms with Gasteiger partial charge in [-0.05, 0) is 33.3 Å². The molecule has 0 heterocycles. The van der Waals surface area contributed by atoms with Gasteiger partial charge in [0.15, 0.2) is 0 Å². The minimum absolute atomic E-state index is 0.346. The largest absolute Gasteiger partial charge is 0.384 e. The molecule has 4 nitrogen and oxygen atoms in total. The van der Waals surface area contributed by atoms with Crippen LogP contribution >= 0.6 is 0 Å². The van der Waals surface area contributed by atoms with Gasteiger partial charge < -0.3 is 9.08 Å². The van der Waals surface area contributed by atoms with Crippen LogP contribution in [-0.2, 0) is 11.0 Å². The molecule has 0 aliphatic heterocycles. The molecular formula is C9H15NO3S. The van der Waals surface area contributed by atoms with Gasteiger partial charge in [0, 0.05) is 0 Å². The van der Waals surface area contributed by atoms with Crippen LogP contribution in [-0.4, -0.2) is 34.5 Å². The molecule has 1 aromatic rings. The van der Waals surface area contributed by atoms with Gasteiger partial charge in [-0.25, -0.2) is 0 Å². The van der Waals surface area contributed by atoms with Crippen molar-refractivity contribution < 1.29 is 12.6 Å². The first-order chi connectivity index (χ1) is 6.52. The van der Waals surface area contributed by atoms with Crippen molar-refractivity contribution in [3.05, 3.63) is 30.3 Å². The lowest BCUT2D eigenvalue weighted by Gasteiger charge is -1.93. The summed E-state index contributed by atoms with van der Waals surface area (Å²) >= 11 is 0. The van der Waals surface area contributed by atoms with Gasteiger partial charge in [-0.15, -0.1) is 0 Å². The van der Waals surface area contributed by atoms with Crippen molar-refractivity contribution in [3.63, 3.8) is 0 Å². The summed E-state index contributed by atoms with van der Waals surface area (Å²) in [6.07, 6.45) is 0. The second-order valence-electron chi connectivity index (χ2n) is 2.97. The summed E-state index contributed by atoms with van der Waals surface area (Å²) in [7, 11) is 3.22. The van der Waals surface area contributed by atoms with Crippen LogP contribution in [0.5, 0.6) is 5.75 Å².